The molecule has 0 bridgehead atoms. The average Bonchev–Trinajstić information content (AvgIpc) is 2.48. The fraction of sp³-hybridized carbons (Fsp3) is 1.00. The minimum absolute atomic E-state index is 0.134. The highest BCUT2D eigenvalue weighted by Crippen LogP contribution is 2.42. The molecule has 1 unspecified atom stereocenters. The third-order valence-corrected chi connectivity index (χ3v) is 4.51. The Morgan fingerprint density at radius 1 is 0.586 bits per heavy atom. The standard InChI is InChI=1S/C25H53NO3/c1-11-12-13-14-15-16-18-21(19-17-20-26)25(27-22(2,3)4,28-23(5,6)7)29-24(8,9)10/h21H,11-20,26H2,1-10H3. The van der Waals surface area contributed by atoms with Crippen LogP contribution in [0.25, 0.3) is 0 Å². The van der Waals surface area contributed by atoms with Crippen LogP contribution in [0.2, 0.25) is 0 Å². The Balaban J connectivity index is 5.74. The number of hydrogen-bond donors (Lipinski definition) is 1. The molecule has 0 spiro atoms. The smallest absolute Gasteiger partial charge is 0.287 e. The molecule has 4 nitrogen and oxygen atoms in total. The van der Waals surface area contributed by atoms with E-state index in [1.165, 1.54) is 32.1 Å². The van der Waals surface area contributed by atoms with Crippen molar-refractivity contribution in [3.63, 3.8) is 0 Å². The summed E-state index contributed by atoms with van der Waals surface area (Å²) in [4.78, 5) is 0. The molecule has 0 aliphatic heterocycles. The van der Waals surface area contributed by atoms with Crippen LogP contribution in [0, 0.1) is 5.92 Å². The number of ether oxygens (including phenoxy) is 3. The molecule has 29 heavy (non-hydrogen) atoms. The van der Waals surface area contributed by atoms with E-state index in [1.807, 2.05) is 0 Å². The van der Waals surface area contributed by atoms with Crippen molar-refractivity contribution in [1.29, 1.82) is 0 Å². The Labute approximate surface area is 182 Å². The number of nitrogens with two attached hydrogens (primary N) is 1. The average molecular weight is 416 g/mol. The Morgan fingerprint density at radius 2 is 0.966 bits per heavy atom. The molecule has 0 aromatic carbocycles. The van der Waals surface area contributed by atoms with Crippen molar-refractivity contribution in [2.24, 2.45) is 11.7 Å². The van der Waals surface area contributed by atoms with Crippen molar-refractivity contribution < 1.29 is 14.2 Å². The zero-order valence-corrected chi connectivity index (χ0v) is 21.5. The van der Waals surface area contributed by atoms with E-state index in [-0.39, 0.29) is 5.92 Å². The lowest BCUT2D eigenvalue weighted by Crippen LogP contribution is -2.56. The molecule has 0 saturated heterocycles. The molecule has 0 aromatic heterocycles. The largest absolute Gasteiger partial charge is 0.330 e. The van der Waals surface area contributed by atoms with Gasteiger partial charge < -0.3 is 19.9 Å². The van der Waals surface area contributed by atoms with Gasteiger partial charge in [-0.1, -0.05) is 45.4 Å². The molecule has 0 rings (SSSR count). The maximum atomic E-state index is 6.65. The minimum atomic E-state index is -1.09. The van der Waals surface area contributed by atoms with Crippen LogP contribution in [0.3, 0.4) is 0 Å². The van der Waals surface area contributed by atoms with Crippen LogP contribution in [0.15, 0.2) is 0 Å². The van der Waals surface area contributed by atoms with Gasteiger partial charge in [-0.05, 0) is 88.1 Å². The van der Waals surface area contributed by atoms with E-state index in [2.05, 4.69) is 69.2 Å². The second kappa shape index (κ2) is 12.6. The molecule has 0 aliphatic rings. The highest BCUT2D eigenvalue weighted by atomic mass is 16.9. The van der Waals surface area contributed by atoms with Gasteiger partial charge in [0.15, 0.2) is 0 Å². The molecule has 0 aromatic rings. The zero-order valence-electron chi connectivity index (χ0n) is 21.5. The van der Waals surface area contributed by atoms with Gasteiger partial charge in [0, 0.05) is 5.92 Å². The van der Waals surface area contributed by atoms with Gasteiger partial charge in [0.2, 0.25) is 0 Å². The lowest BCUT2D eigenvalue weighted by Gasteiger charge is -2.49. The predicted molar refractivity (Wildman–Crippen MR) is 125 cm³/mol. The fourth-order valence-corrected chi connectivity index (χ4v) is 3.63. The maximum Gasteiger partial charge on any atom is 0.287 e. The van der Waals surface area contributed by atoms with Gasteiger partial charge in [-0.3, -0.25) is 0 Å². The van der Waals surface area contributed by atoms with Crippen LogP contribution in [0.5, 0.6) is 0 Å². The molecule has 0 fully saturated rings. The summed E-state index contributed by atoms with van der Waals surface area (Å²) < 4.78 is 19.9. The molecule has 0 amide bonds. The monoisotopic (exact) mass is 415 g/mol. The molecule has 2 N–H and O–H groups in total. The molecule has 176 valence electrons. The molecule has 0 aliphatic carbocycles. The molecular formula is C25H53NO3. The van der Waals surface area contributed by atoms with E-state index in [0.717, 1.165) is 25.7 Å². The number of unbranched alkanes of at least 4 members (excludes halogenated alkanes) is 5. The first kappa shape index (κ1) is 28.8. The second-order valence-corrected chi connectivity index (χ2v) is 11.4. The summed E-state index contributed by atoms with van der Waals surface area (Å²) in [5.41, 5.74) is 4.72. The summed E-state index contributed by atoms with van der Waals surface area (Å²) in [5, 5.41) is 0. The van der Waals surface area contributed by atoms with E-state index < -0.39 is 22.8 Å². The van der Waals surface area contributed by atoms with Crippen LogP contribution in [0.4, 0.5) is 0 Å². The van der Waals surface area contributed by atoms with Crippen molar-refractivity contribution in [3.05, 3.63) is 0 Å². The number of rotatable bonds is 14. The fourth-order valence-electron chi connectivity index (χ4n) is 3.63. The third-order valence-electron chi connectivity index (χ3n) is 4.51. The van der Waals surface area contributed by atoms with Gasteiger partial charge in [-0.2, -0.15) is 0 Å². The molecule has 0 heterocycles. The van der Waals surface area contributed by atoms with Crippen LogP contribution < -0.4 is 5.73 Å². The Kier molecular flexibility index (Phi) is 12.6. The summed E-state index contributed by atoms with van der Waals surface area (Å²) in [7, 11) is 0. The van der Waals surface area contributed by atoms with E-state index in [4.69, 9.17) is 19.9 Å². The molecule has 4 heteroatoms. The van der Waals surface area contributed by atoms with Crippen molar-refractivity contribution in [2.45, 2.75) is 150 Å². The topological polar surface area (TPSA) is 53.7 Å². The van der Waals surface area contributed by atoms with E-state index in [9.17, 15) is 0 Å². The normalized spacial score (nSPS) is 15.0. The van der Waals surface area contributed by atoms with Crippen LogP contribution in [0.1, 0.15) is 127 Å². The first-order valence-corrected chi connectivity index (χ1v) is 11.9. The third kappa shape index (κ3) is 14.5. The predicted octanol–water partition coefficient (Wildman–Crippen LogP) is 7.19. The molecule has 0 radical (unpaired) electrons. The summed E-state index contributed by atoms with van der Waals surface area (Å²) in [6, 6.07) is 0. The summed E-state index contributed by atoms with van der Waals surface area (Å²) >= 11 is 0. The first-order chi connectivity index (χ1) is 13.1. The molecular weight excluding hydrogens is 362 g/mol. The van der Waals surface area contributed by atoms with E-state index in [0.29, 0.717) is 6.54 Å². The van der Waals surface area contributed by atoms with Gasteiger partial charge >= 0.3 is 0 Å². The van der Waals surface area contributed by atoms with Gasteiger partial charge in [0.25, 0.3) is 5.97 Å². The SMILES string of the molecule is CCCCCCCCC(CCCN)C(OC(C)(C)C)(OC(C)(C)C)OC(C)(C)C. The van der Waals surface area contributed by atoms with Crippen molar-refractivity contribution in [2.75, 3.05) is 6.54 Å². The van der Waals surface area contributed by atoms with Crippen molar-refractivity contribution in [1.82, 2.24) is 0 Å². The van der Waals surface area contributed by atoms with E-state index in [1.54, 1.807) is 0 Å². The maximum absolute atomic E-state index is 6.65. The van der Waals surface area contributed by atoms with Crippen LogP contribution in [-0.2, 0) is 14.2 Å². The second-order valence-electron chi connectivity index (χ2n) is 11.4. The Morgan fingerprint density at radius 3 is 1.34 bits per heavy atom. The van der Waals surface area contributed by atoms with Gasteiger partial charge in [-0.15, -0.1) is 0 Å². The quantitative estimate of drug-likeness (QED) is 0.241. The minimum Gasteiger partial charge on any atom is -0.330 e. The van der Waals surface area contributed by atoms with Gasteiger partial charge in [0.05, 0.1) is 16.8 Å². The lowest BCUT2D eigenvalue weighted by atomic mass is 9.91. The highest BCUT2D eigenvalue weighted by Gasteiger charge is 2.49. The summed E-state index contributed by atoms with van der Waals surface area (Å²) in [6.07, 6.45) is 10.5. The number of hydrogen-bond acceptors (Lipinski definition) is 4. The lowest BCUT2D eigenvalue weighted by molar-refractivity contribution is -0.468. The Bertz CT molecular complexity index is 374. The zero-order chi connectivity index (χ0) is 22.8. The summed E-state index contributed by atoms with van der Waals surface area (Å²) in [5.74, 6) is -0.956. The molecule has 1 atom stereocenters. The van der Waals surface area contributed by atoms with Crippen LogP contribution in [-0.4, -0.2) is 29.3 Å². The van der Waals surface area contributed by atoms with Crippen molar-refractivity contribution >= 4 is 0 Å². The van der Waals surface area contributed by atoms with Crippen LogP contribution >= 0.6 is 0 Å². The van der Waals surface area contributed by atoms with E-state index >= 15 is 0 Å². The Hall–Kier alpha value is -0.160. The van der Waals surface area contributed by atoms with Crippen molar-refractivity contribution in [3.8, 4) is 0 Å². The first-order valence-electron chi connectivity index (χ1n) is 11.9. The summed E-state index contributed by atoms with van der Waals surface area (Å²) in [6.45, 7) is 21.6. The van der Waals surface area contributed by atoms with Gasteiger partial charge in [0.1, 0.15) is 0 Å². The highest BCUT2D eigenvalue weighted by molar-refractivity contribution is 4.82. The molecule has 0 saturated carbocycles. The van der Waals surface area contributed by atoms with Gasteiger partial charge in [-0.25, -0.2) is 0 Å².